The zero-order valence-electron chi connectivity index (χ0n) is 11.0. The topological polar surface area (TPSA) is 25.8 Å². The van der Waals surface area contributed by atoms with Gasteiger partial charge in [-0.15, -0.1) is 0 Å². The van der Waals surface area contributed by atoms with Gasteiger partial charge in [-0.1, -0.05) is 60.8 Å². The van der Waals surface area contributed by atoms with Crippen molar-refractivity contribution in [1.29, 1.82) is 0 Å². The van der Waals surface area contributed by atoms with Crippen LogP contribution in [0.1, 0.15) is 11.1 Å². The van der Waals surface area contributed by atoms with E-state index in [-0.39, 0.29) is 0 Å². The Morgan fingerprint density at radius 1 is 0.650 bits per heavy atom. The predicted octanol–water partition coefficient (Wildman–Crippen LogP) is 4.34. The summed E-state index contributed by atoms with van der Waals surface area (Å²) in [4.78, 5) is 8.38. The molecule has 1 aliphatic carbocycles. The molecular weight excluding hydrogens is 244 g/mol. The van der Waals surface area contributed by atoms with E-state index < -0.39 is 0 Å². The van der Waals surface area contributed by atoms with E-state index in [0.29, 0.717) is 0 Å². The van der Waals surface area contributed by atoms with Gasteiger partial charge in [-0.3, -0.25) is 0 Å². The minimum Gasteiger partial charge on any atom is -0.244 e. The number of hydrogen-bond donors (Lipinski definition) is 0. The highest BCUT2D eigenvalue weighted by molar-refractivity contribution is 5.85. The van der Waals surface area contributed by atoms with Crippen molar-refractivity contribution in [2.75, 3.05) is 0 Å². The molecule has 2 heteroatoms. The highest BCUT2D eigenvalue weighted by Crippen LogP contribution is 2.20. The lowest BCUT2D eigenvalue weighted by Gasteiger charge is -2.04. The van der Waals surface area contributed by atoms with Crippen LogP contribution in [0.3, 0.4) is 0 Å². The Kier molecular flexibility index (Phi) is 3.65. The van der Waals surface area contributed by atoms with Crippen LogP contribution in [0.15, 0.2) is 73.3 Å². The largest absolute Gasteiger partial charge is 0.244 e. The van der Waals surface area contributed by atoms with Gasteiger partial charge in [-0.05, 0) is 23.3 Å². The normalized spacial score (nSPS) is 22.0. The van der Waals surface area contributed by atoms with Gasteiger partial charge in [0.2, 0.25) is 0 Å². The molecule has 2 nitrogen and oxygen atoms in total. The fraction of sp³-hybridized carbons (Fsp3) is 0. The van der Waals surface area contributed by atoms with Gasteiger partial charge >= 0.3 is 0 Å². The molecule has 1 heterocycles. The maximum absolute atomic E-state index is 4.31. The van der Waals surface area contributed by atoms with Gasteiger partial charge in [0.1, 0.15) is 6.33 Å². The average Bonchev–Trinajstić information content (AvgIpc) is 2.47. The van der Waals surface area contributed by atoms with Crippen molar-refractivity contribution >= 4 is 23.1 Å². The zero-order valence-corrected chi connectivity index (χ0v) is 11.0. The molecule has 0 spiro atoms. The van der Waals surface area contributed by atoms with E-state index >= 15 is 0 Å². The second-order valence-corrected chi connectivity index (χ2v) is 4.44. The summed E-state index contributed by atoms with van der Waals surface area (Å²) in [5.74, 6) is 0. The van der Waals surface area contributed by atoms with Gasteiger partial charge in [0.25, 0.3) is 0 Å². The Morgan fingerprint density at radius 3 is 1.95 bits per heavy atom. The molecule has 1 aromatic carbocycles. The molecule has 0 unspecified atom stereocenters. The van der Waals surface area contributed by atoms with Crippen LogP contribution in [0.2, 0.25) is 0 Å². The van der Waals surface area contributed by atoms with Crippen LogP contribution in [0.5, 0.6) is 0 Å². The Bertz CT molecular complexity index is 698. The van der Waals surface area contributed by atoms with Gasteiger partial charge < -0.3 is 0 Å². The Hall–Kier alpha value is -2.74. The molecule has 0 atom stereocenters. The highest BCUT2D eigenvalue weighted by Gasteiger charge is 2.01. The van der Waals surface area contributed by atoms with E-state index in [4.69, 9.17) is 0 Å². The van der Waals surface area contributed by atoms with Crippen LogP contribution in [-0.4, -0.2) is 9.97 Å². The molecule has 1 aliphatic rings. The van der Waals surface area contributed by atoms with Gasteiger partial charge in [0.05, 0.1) is 5.52 Å². The van der Waals surface area contributed by atoms with Crippen LogP contribution in [0, 0.1) is 0 Å². The maximum atomic E-state index is 4.31. The van der Waals surface area contributed by atoms with Gasteiger partial charge in [-0.2, -0.15) is 0 Å². The summed E-state index contributed by atoms with van der Waals surface area (Å²) in [6.07, 6.45) is 23.8. The molecule has 0 bridgehead atoms. The van der Waals surface area contributed by atoms with E-state index in [1.807, 2.05) is 54.8 Å². The fourth-order valence-corrected chi connectivity index (χ4v) is 2.06. The number of allylic oxidation sites excluding steroid dienone is 8. The van der Waals surface area contributed by atoms with Crippen molar-refractivity contribution in [2.45, 2.75) is 0 Å². The van der Waals surface area contributed by atoms with Crippen LogP contribution >= 0.6 is 0 Å². The smallest absolute Gasteiger partial charge is 0.116 e. The van der Waals surface area contributed by atoms with Crippen LogP contribution in [-0.2, 0) is 0 Å². The molecule has 0 aliphatic heterocycles. The molecule has 20 heavy (non-hydrogen) atoms. The lowest BCUT2D eigenvalue weighted by molar-refractivity contribution is 1.22. The SMILES string of the molecule is C1=C\C=C/C=C\c2cc3ncncc3cc2/C=C\C=C/1. The predicted molar refractivity (Wildman–Crippen MR) is 85.0 cm³/mol. The number of hydrogen-bond acceptors (Lipinski definition) is 2. The fourth-order valence-electron chi connectivity index (χ4n) is 2.06. The summed E-state index contributed by atoms with van der Waals surface area (Å²) < 4.78 is 0. The summed E-state index contributed by atoms with van der Waals surface area (Å²) in [5, 5.41) is 1.05. The lowest BCUT2D eigenvalue weighted by Crippen LogP contribution is -1.86. The maximum Gasteiger partial charge on any atom is 0.116 e. The summed E-state index contributed by atoms with van der Waals surface area (Å²) >= 11 is 0. The van der Waals surface area contributed by atoms with E-state index in [1.54, 1.807) is 6.33 Å². The molecule has 1 aromatic heterocycles. The van der Waals surface area contributed by atoms with Crippen molar-refractivity contribution in [3.63, 3.8) is 0 Å². The second-order valence-electron chi connectivity index (χ2n) is 4.44. The molecule has 0 radical (unpaired) electrons. The van der Waals surface area contributed by atoms with Crippen LogP contribution in [0.4, 0.5) is 0 Å². The monoisotopic (exact) mass is 258 g/mol. The molecule has 0 saturated heterocycles. The quantitative estimate of drug-likeness (QED) is 0.702. The minimum absolute atomic E-state index is 0.961. The van der Waals surface area contributed by atoms with E-state index in [0.717, 1.165) is 22.0 Å². The Morgan fingerprint density at radius 2 is 1.25 bits per heavy atom. The second kappa shape index (κ2) is 5.93. The van der Waals surface area contributed by atoms with Crippen LogP contribution in [0.25, 0.3) is 23.1 Å². The summed E-state index contributed by atoms with van der Waals surface area (Å²) in [5.41, 5.74) is 3.27. The standard InChI is InChI=1S/C18H14N2/c1-2-4-6-8-10-16-12-18-17(13-19-14-20-18)11-15(16)9-7-5-3-1/h1-14H/b2-1-,3-1?,4-2?,5-3-,6-4-,7-5?,8-6?,9-7-,10-8-,15-9?,16-10?. The van der Waals surface area contributed by atoms with Crippen LogP contribution < -0.4 is 0 Å². The Labute approximate surface area is 118 Å². The van der Waals surface area contributed by atoms with Gasteiger partial charge in [0.15, 0.2) is 0 Å². The molecule has 2 aromatic rings. The molecule has 0 saturated carbocycles. The lowest BCUT2D eigenvalue weighted by atomic mass is 10.0. The first kappa shape index (κ1) is 12.3. The first-order valence-corrected chi connectivity index (χ1v) is 6.52. The van der Waals surface area contributed by atoms with Gasteiger partial charge in [-0.25, -0.2) is 9.97 Å². The Balaban J connectivity index is 2.15. The van der Waals surface area contributed by atoms with Crippen molar-refractivity contribution in [1.82, 2.24) is 9.97 Å². The summed E-state index contributed by atoms with van der Waals surface area (Å²) in [6.45, 7) is 0. The third-order valence-electron chi connectivity index (χ3n) is 3.04. The summed E-state index contributed by atoms with van der Waals surface area (Å²) in [6, 6.07) is 4.21. The third kappa shape index (κ3) is 2.81. The molecule has 0 N–H and O–H groups in total. The molecule has 0 amide bonds. The van der Waals surface area contributed by atoms with Crippen molar-refractivity contribution in [3.05, 3.63) is 84.4 Å². The van der Waals surface area contributed by atoms with Crippen molar-refractivity contribution in [3.8, 4) is 0 Å². The van der Waals surface area contributed by atoms with E-state index in [2.05, 4.69) is 34.3 Å². The number of rotatable bonds is 0. The molecular formula is C18H14N2. The zero-order chi connectivity index (χ0) is 13.6. The van der Waals surface area contributed by atoms with E-state index in [9.17, 15) is 0 Å². The first-order chi connectivity index (χ1) is 9.93. The number of fused-ring (bicyclic) bond motifs is 2. The van der Waals surface area contributed by atoms with Crippen molar-refractivity contribution in [2.24, 2.45) is 0 Å². The van der Waals surface area contributed by atoms with Crippen molar-refractivity contribution < 1.29 is 0 Å². The van der Waals surface area contributed by atoms with Gasteiger partial charge in [0, 0.05) is 11.6 Å². The summed E-state index contributed by atoms with van der Waals surface area (Å²) in [7, 11) is 0. The number of aromatic nitrogens is 2. The average molecular weight is 258 g/mol. The molecule has 96 valence electrons. The number of benzene rings is 1. The first-order valence-electron chi connectivity index (χ1n) is 6.52. The van der Waals surface area contributed by atoms with E-state index in [1.165, 1.54) is 0 Å². The minimum atomic E-state index is 0.961. The number of nitrogens with zero attached hydrogens (tertiary/aromatic N) is 2. The highest BCUT2D eigenvalue weighted by atomic mass is 14.8. The molecule has 0 fully saturated rings. The third-order valence-corrected chi connectivity index (χ3v) is 3.04. The molecule has 3 rings (SSSR count).